The molecule has 0 bridgehead atoms. The lowest BCUT2D eigenvalue weighted by Gasteiger charge is -2.31. The number of rotatable bonds is 4. The summed E-state index contributed by atoms with van der Waals surface area (Å²) in [7, 11) is -3.82. The van der Waals surface area contributed by atoms with Crippen LogP contribution in [0.25, 0.3) is 0 Å². The van der Waals surface area contributed by atoms with Gasteiger partial charge in [0.05, 0.1) is 16.5 Å². The molecule has 1 fully saturated rings. The molecule has 8 nitrogen and oxygen atoms in total. The van der Waals surface area contributed by atoms with Crippen molar-refractivity contribution in [2.45, 2.75) is 17.7 Å². The molecule has 0 unspecified atom stereocenters. The molecular weight excluding hydrogens is 474 g/mol. The molecule has 2 N–H and O–H groups in total. The fraction of sp³-hybridized carbons (Fsp3) is 0.300. The van der Waals surface area contributed by atoms with E-state index in [2.05, 4.69) is 26.6 Å². The average molecular weight is 494 g/mol. The highest BCUT2D eigenvalue weighted by Crippen LogP contribution is 2.32. The minimum absolute atomic E-state index is 0.0556. The van der Waals surface area contributed by atoms with Crippen molar-refractivity contribution in [2.24, 2.45) is 5.92 Å². The predicted octanol–water partition coefficient (Wildman–Crippen LogP) is 2.82. The number of piperidine rings is 1. The van der Waals surface area contributed by atoms with Crippen molar-refractivity contribution < 1.29 is 22.7 Å². The van der Waals surface area contributed by atoms with E-state index in [9.17, 15) is 18.0 Å². The first-order valence-corrected chi connectivity index (χ1v) is 11.7. The van der Waals surface area contributed by atoms with Crippen LogP contribution in [0.3, 0.4) is 0 Å². The third-order valence-electron chi connectivity index (χ3n) is 5.07. The smallest absolute Gasteiger partial charge is 0.262 e. The van der Waals surface area contributed by atoms with Crippen molar-refractivity contribution in [2.75, 3.05) is 30.3 Å². The number of nitrogens with zero attached hydrogens (tertiary/aromatic N) is 1. The van der Waals surface area contributed by atoms with E-state index in [1.807, 2.05) is 12.1 Å². The summed E-state index contributed by atoms with van der Waals surface area (Å²) in [6, 6.07) is 11.6. The largest absolute Gasteiger partial charge is 0.482 e. The molecule has 1 saturated heterocycles. The van der Waals surface area contributed by atoms with Crippen molar-refractivity contribution in [1.82, 2.24) is 4.31 Å². The number of anilines is 2. The normalized spacial score (nSPS) is 19.4. The number of halogens is 1. The quantitative estimate of drug-likeness (QED) is 0.681. The second kappa shape index (κ2) is 8.37. The Balaban J connectivity index is 1.50. The van der Waals surface area contributed by atoms with Gasteiger partial charge in [0.2, 0.25) is 15.9 Å². The van der Waals surface area contributed by atoms with Crippen LogP contribution in [0.4, 0.5) is 11.4 Å². The summed E-state index contributed by atoms with van der Waals surface area (Å²) in [5.41, 5.74) is 0.980. The lowest BCUT2D eigenvalue weighted by Crippen LogP contribution is -2.43. The molecule has 0 aromatic heterocycles. The molecule has 2 aromatic carbocycles. The second-order valence-corrected chi connectivity index (χ2v) is 10.1. The number of hydrogen-bond acceptors (Lipinski definition) is 5. The molecule has 158 valence electrons. The van der Waals surface area contributed by atoms with E-state index < -0.39 is 15.9 Å². The maximum atomic E-state index is 13.2. The summed E-state index contributed by atoms with van der Waals surface area (Å²) in [6.07, 6.45) is 1.19. The highest BCUT2D eigenvalue weighted by Gasteiger charge is 2.34. The van der Waals surface area contributed by atoms with E-state index in [1.165, 1.54) is 22.5 Å². The standard InChI is InChI=1S/C20H20BrN3O5S/c21-14-4-1-5-15(9-14)22-20(26)13-3-2-8-24(11-13)30(27,28)16-6-7-18-17(10-16)23-19(25)12-29-18/h1,4-7,9-10,13H,2-3,8,11-12H2,(H,22,26)(H,23,25)/t13-/m0/s1. The van der Waals surface area contributed by atoms with Gasteiger partial charge in [-0.3, -0.25) is 9.59 Å². The monoisotopic (exact) mass is 493 g/mol. The van der Waals surface area contributed by atoms with Crippen LogP contribution >= 0.6 is 15.9 Å². The lowest BCUT2D eigenvalue weighted by atomic mass is 9.99. The number of carbonyl (C=O) groups is 2. The van der Waals surface area contributed by atoms with Crippen LogP contribution in [0.1, 0.15) is 12.8 Å². The third-order valence-corrected chi connectivity index (χ3v) is 7.42. The molecule has 2 heterocycles. The minimum Gasteiger partial charge on any atom is -0.482 e. The van der Waals surface area contributed by atoms with Crippen LogP contribution < -0.4 is 15.4 Å². The Kier molecular flexibility index (Phi) is 5.81. The minimum atomic E-state index is -3.82. The van der Waals surface area contributed by atoms with Crippen molar-refractivity contribution in [3.05, 3.63) is 46.9 Å². The Labute approximate surface area is 182 Å². The van der Waals surface area contributed by atoms with Gasteiger partial charge in [0.25, 0.3) is 5.91 Å². The third kappa shape index (κ3) is 4.35. The highest BCUT2D eigenvalue weighted by molar-refractivity contribution is 9.10. The van der Waals surface area contributed by atoms with Gasteiger partial charge in [-0.15, -0.1) is 0 Å². The molecule has 1 atom stereocenters. The van der Waals surface area contributed by atoms with Crippen molar-refractivity contribution in [3.63, 3.8) is 0 Å². The van der Waals surface area contributed by atoms with Crippen molar-refractivity contribution >= 4 is 49.1 Å². The Morgan fingerprint density at radius 3 is 2.87 bits per heavy atom. The fourth-order valence-corrected chi connectivity index (χ4v) is 5.51. The van der Waals surface area contributed by atoms with Gasteiger partial charge >= 0.3 is 0 Å². The Morgan fingerprint density at radius 1 is 1.23 bits per heavy atom. The fourth-order valence-electron chi connectivity index (χ4n) is 3.56. The molecule has 2 aliphatic heterocycles. The molecular formula is C20H20BrN3O5S. The maximum absolute atomic E-state index is 13.2. The summed E-state index contributed by atoms with van der Waals surface area (Å²) >= 11 is 3.37. The van der Waals surface area contributed by atoms with Gasteiger partial charge in [-0.1, -0.05) is 22.0 Å². The van der Waals surface area contributed by atoms with E-state index in [1.54, 1.807) is 12.1 Å². The number of carbonyl (C=O) groups excluding carboxylic acids is 2. The zero-order valence-electron chi connectivity index (χ0n) is 15.9. The molecule has 2 aromatic rings. The van der Waals surface area contributed by atoms with Gasteiger partial charge in [-0.05, 0) is 49.2 Å². The predicted molar refractivity (Wildman–Crippen MR) is 115 cm³/mol. The van der Waals surface area contributed by atoms with Crippen LogP contribution in [0.2, 0.25) is 0 Å². The lowest BCUT2D eigenvalue weighted by molar-refractivity contribution is -0.121. The second-order valence-electron chi connectivity index (χ2n) is 7.20. The molecule has 0 aliphatic carbocycles. The molecule has 0 saturated carbocycles. The molecule has 30 heavy (non-hydrogen) atoms. The number of ether oxygens (including phenoxy) is 1. The first-order valence-electron chi connectivity index (χ1n) is 9.46. The SMILES string of the molecule is O=C1COc2ccc(S(=O)(=O)N3CCC[C@H](C(=O)Nc4cccc(Br)c4)C3)cc2N1. The molecule has 2 aliphatic rings. The van der Waals surface area contributed by atoms with Crippen LogP contribution in [0.5, 0.6) is 5.75 Å². The van der Waals surface area contributed by atoms with E-state index in [0.29, 0.717) is 36.5 Å². The zero-order valence-corrected chi connectivity index (χ0v) is 18.3. The molecule has 0 spiro atoms. The number of amides is 2. The van der Waals surface area contributed by atoms with Gasteiger partial charge in [-0.2, -0.15) is 4.31 Å². The van der Waals surface area contributed by atoms with Gasteiger partial charge in [0.15, 0.2) is 6.61 Å². The van der Waals surface area contributed by atoms with Gasteiger partial charge in [-0.25, -0.2) is 8.42 Å². The van der Waals surface area contributed by atoms with Gasteiger partial charge in [0, 0.05) is 23.2 Å². The molecule has 10 heteroatoms. The van der Waals surface area contributed by atoms with Crippen LogP contribution in [0.15, 0.2) is 51.8 Å². The number of hydrogen-bond donors (Lipinski definition) is 2. The molecule has 2 amide bonds. The number of sulfonamides is 1. The summed E-state index contributed by atoms with van der Waals surface area (Å²) < 4.78 is 33.8. The van der Waals surface area contributed by atoms with Crippen molar-refractivity contribution in [1.29, 1.82) is 0 Å². The van der Waals surface area contributed by atoms with Crippen LogP contribution in [0, 0.1) is 5.92 Å². The Bertz CT molecular complexity index is 1110. The average Bonchev–Trinajstić information content (AvgIpc) is 2.73. The summed E-state index contributed by atoms with van der Waals surface area (Å²) in [6.45, 7) is 0.338. The first-order chi connectivity index (χ1) is 14.3. The number of benzene rings is 2. The zero-order chi connectivity index (χ0) is 21.3. The number of nitrogens with one attached hydrogen (secondary N) is 2. The summed E-state index contributed by atoms with van der Waals surface area (Å²) in [4.78, 5) is 24.3. The molecule has 0 radical (unpaired) electrons. The van der Waals surface area contributed by atoms with E-state index in [-0.39, 0.29) is 29.9 Å². The van der Waals surface area contributed by atoms with E-state index >= 15 is 0 Å². The number of fused-ring (bicyclic) bond motifs is 1. The van der Waals surface area contributed by atoms with Gasteiger partial charge < -0.3 is 15.4 Å². The van der Waals surface area contributed by atoms with Gasteiger partial charge in [0.1, 0.15) is 5.75 Å². The Morgan fingerprint density at radius 2 is 2.07 bits per heavy atom. The van der Waals surface area contributed by atoms with E-state index in [4.69, 9.17) is 4.74 Å². The van der Waals surface area contributed by atoms with Crippen molar-refractivity contribution in [3.8, 4) is 5.75 Å². The maximum Gasteiger partial charge on any atom is 0.262 e. The Hall–Kier alpha value is -2.43. The topological polar surface area (TPSA) is 105 Å². The van der Waals surface area contributed by atoms with E-state index in [0.717, 1.165) is 4.47 Å². The highest BCUT2D eigenvalue weighted by atomic mass is 79.9. The van der Waals surface area contributed by atoms with Crippen LogP contribution in [-0.2, 0) is 19.6 Å². The summed E-state index contributed by atoms with van der Waals surface area (Å²) in [5, 5.41) is 5.47. The summed E-state index contributed by atoms with van der Waals surface area (Å²) in [5.74, 6) is -0.565. The van der Waals surface area contributed by atoms with Crippen LogP contribution in [-0.4, -0.2) is 44.2 Å². The first kappa shape index (κ1) is 20.8. The molecule has 4 rings (SSSR count).